The maximum atomic E-state index is 13.4. The Morgan fingerprint density at radius 1 is 1.02 bits per heavy atom. The van der Waals surface area contributed by atoms with Gasteiger partial charge in [0, 0.05) is 83.6 Å². The summed E-state index contributed by atoms with van der Waals surface area (Å²) in [5, 5.41) is 14.4. The van der Waals surface area contributed by atoms with Crippen LogP contribution in [0.3, 0.4) is 0 Å². The molecule has 290 valence electrons. The molecule has 0 bridgehead atoms. The summed E-state index contributed by atoms with van der Waals surface area (Å²) in [6, 6.07) is 23.6. The Labute approximate surface area is 326 Å². The van der Waals surface area contributed by atoms with Crippen molar-refractivity contribution in [1.29, 1.82) is 1.43 Å². The zero-order chi connectivity index (χ0) is 41.0. The van der Waals surface area contributed by atoms with Crippen LogP contribution in [0.4, 0.5) is 11.4 Å². The molecule has 11 heteroatoms. The number of nitro benzene ring substituents is 1. The van der Waals surface area contributed by atoms with E-state index in [1.807, 2.05) is 36.2 Å². The summed E-state index contributed by atoms with van der Waals surface area (Å²) in [7, 11) is 2.44. The van der Waals surface area contributed by atoms with Crippen LogP contribution < -0.4 is 4.90 Å². The van der Waals surface area contributed by atoms with Gasteiger partial charge >= 0.3 is 0 Å². The van der Waals surface area contributed by atoms with Crippen molar-refractivity contribution < 1.29 is 20.7 Å². The van der Waals surface area contributed by atoms with Crippen LogP contribution in [-0.2, 0) is 9.32 Å². The second-order valence-corrected chi connectivity index (χ2v) is 15.7. The van der Waals surface area contributed by atoms with Crippen molar-refractivity contribution in [3.05, 3.63) is 117 Å². The number of non-ortho nitro benzene ring substituents is 1. The van der Waals surface area contributed by atoms with Gasteiger partial charge in [0.2, 0.25) is 13.9 Å². The van der Waals surface area contributed by atoms with E-state index in [1.54, 1.807) is 12.1 Å². The van der Waals surface area contributed by atoms with Gasteiger partial charge in [-0.25, -0.2) is 6.57 Å². The van der Waals surface area contributed by atoms with Crippen molar-refractivity contribution >= 4 is 49.9 Å². The monoisotopic (exact) mass is 758 g/mol. The summed E-state index contributed by atoms with van der Waals surface area (Å²) >= 11 is 0. The van der Waals surface area contributed by atoms with Gasteiger partial charge in [-0.15, -0.1) is 0 Å². The smallest absolute Gasteiger partial charge is 0.269 e. The summed E-state index contributed by atoms with van der Waals surface area (Å²) in [6.45, 7) is 17.9. The van der Waals surface area contributed by atoms with Crippen molar-refractivity contribution in [2.45, 2.75) is 84.5 Å². The Kier molecular flexibility index (Phi) is 17.2. The molecule has 1 aliphatic rings. The van der Waals surface area contributed by atoms with E-state index in [0.717, 1.165) is 53.5 Å². The second-order valence-electron chi connectivity index (χ2n) is 13.8. The molecule has 3 aromatic carbocycles. The van der Waals surface area contributed by atoms with Crippen LogP contribution in [0.5, 0.6) is 0 Å². The first-order valence-corrected chi connectivity index (χ1v) is 20.0. The largest absolute Gasteiger partial charge is 0.400 e. The van der Waals surface area contributed by atoms with Crippen LogP contribution in [-0.4, -0.2) is 91.1 Å². The van der Waals surface area contributed by atoms with E-state index < -0.39 is 13.2 Å². The zero-order valence-electron chi connectivity index (χ0n) is 34.6. The molecular formula is C43H58N5O5P. The van der Waals surface area contributed by atoms with E-state index in [2.05, 4.69) is 95.8 Å². The summed E-state index contributed by atoms with van der Waals surface area (Å²) in [6.07, 6.45) is 11.5. The van der Waals surface area contributed by atoms with Crippen LogP contribution in [0.1, 0.15) is 83.9 Å². The molecule has 4 rings (SSSR count). The van der Waals surface area contributed by atoms with Crippen LogP contribution in [0.15, 0.2) is 72.8 Å². The fourth-order valence-electron chi connectivity index (χ4n) is 6.44. The van der Waals surface area contributed by atoms with Crippen LogP contribution in [0.2, 0.25) is 0 Å². The molecule has 1 amide bonds. The maximum absolute atomic E-state index is 13.4. The molecule has 1 fully saturated rings. The molecule has 1 heterocycles. The Hall–Kier alpha value is -4.39. The number of benzene rings is 3. The lowest BCUT2D eigenvalue weighted by molar-refractivity contribution is -0.384. The number of nitro groups is 1. The molecule has 3 atom stereocenters. The van der Waals surface area contributed by atoms with Gasteiger partial charge in [0.1, 0.15) is 8.30 Å². The predicted molar refractivity (Wildman–Crippen MR) is 225 cm³/mol. The first-order valence-electron chi connectivity index (χ1n) is 19.7. The lowest BCUT2D eigenvalue weighted by Crippen LogP contribution is -2.36. The Morgan fingerprint density at radius 3 is 1.98 bits per heavy atom. The van der Waals surface area contributed by atoms with Gasteiger partial charge in [-0.05, 0) is 94.0 Å². The number of aliphatic hydroxyl groups excluding tert-OH is 1. The van der Waals surface area contributed by atoms with Crippen LogP contribution >= 0.6 is 8.30 Å². The third-order valence-corrected chi connectivity index (χ3v) is 11.8. The highest BCUT2D eigenvalue weighted by Crippen LogP contribution is 2.48. The molecule has 0 aliphatic carbocycles. The predicted octanol–water partition coefficient (Wildman–Crippen LogP) is 9.51. The highest BCUT2D eigenvalue weighted by molar-refractivity contribution is 7.50. The van der Waals surface area contributed by atoms with E-state index in [-0.39, 0.29) is 30.6 Å². The lowest BCUT2D eigenvalue weighted by atomic mass is 10.1. The minimum atomic E-state index is -0.898. The summed E-state index contributed by atoms with van der Waals surface area (Å²) in [4.78, 5) is 31.4. The first-order chi connectivity index (χ1) is 26.9. The van der Waals surface area contributed by atoms with Gasteiger partial charge in [0.15, 0.2) is 0 Å². The number of hydrogen-bond acceptors (Lipinski definition) is 7. The van der Waals surface area contributed by atoms with Crippen molar-refractivity contribution in [3.8, 4) is 0 Å². The van der Waals surface area contributed by atoms with E-state index in [0.29, 0.717) is 38.0 Å². The van der Waals surface area contributed by atoms with Crippen molar-refractivity contribution in [2.24, 2.45) is 0 Å². The van der Waals surface area contributed by atoms with Gasteiger partial charge in [0.05, 0.1) is 11.0 Å². The quantitative estimate of drug-likeness (QED) is 0.0344. The van der Waals surface area contributed by atoms with Gasteiger partial charge in [0.25, 0.3) is 5.69 Å². The molecule has 1 unspecified atom stereocenters. The van der Waals surface area contributed by atoms with E-state index in [4.69, 9.17) is 13.9 Å². The number of likely N-dealkylation sites (tertiary alicyclic amines) is 1. The fraction of sp³-hybridized carbons (Fsp3) is 0.442. The molecule has 0 saturated carbocycles. The van der Waals surface area contributed by atoms with E-state index in [9.17, 15) is 14.9 Å². The zero-order valence-corrected chi connectivity index (χ0v) is 33.5. The Bertz CT molecular complexity index is 1730. The highest BCUT2D eigenvalue weighted by Gasteiger charge is 2.36. The van der Waals surface area contributed by atoms with Gasteiger partial charge < -0.3 is 24.3 Å². The third-order valence-electron chi connectivity index (χ3n) is 9.10. The van der Waals surface area contributed by atoms with Gasteiger partial charge in [-0.2, -0.15) is 0 Å². The first kappa shape index (κ1) is 40.8. The Balaban J connectivity index is 0.00000271. The number of anilines is 1. The average Bonchev–Trinajstić information content (AvgIpc) is 3.60. The van der Waals surface area contributed by atoms with Crippen molar-refractivity contribution in [1.82, 2.24) is 9.57 Å². The number of rotatable bonds is 18. The van der Waals surface area contributed by atoms with Crippen LogP contribution in [0.25, 0.3) is 29.1 Å². The van der Waals surface area contributed by atoms with E-state index >= 15 is 0 Å². The van der Waals surface area contributed by atoms with E-state index in [1.165, 1.54) is 19.2 Å². The average molecular weight is 759 g/mol. The van der Waals surface area contributed by atoms with Crippen molar-refractivity contribution in [3.63, 3.8) is 0 Å². The van der Waals surface area contributed by atoms with Crippen LogP contribution in [0, 0.1) is 16.7 Å². The molecule has 1 aliphatic heterocycles. The van der Waals surface area contributed by atoms with Crippen molar-refractivity contribution in [2.75, 3.05) is 44.9 Å². The summed E-state index contributed by atoms with van der Waals surface area (Å²) in [5.74, 6) is 0.0951. The molecular weight excluding hydrogens is 697 g/mol. The Morgan fingerprint density at radius 2 is 1.52 bits per heavy atom. The number of aliphatic hydroxyl groups is 1. The number of hydrogen-bond donors (Lipinski definition) is 1. The standard InChI is InChI=1S/C42H54N5O4P.CH4O/c1-32(2)46(33(3)4)52(29-9-27-43-6)51-41-30-34(5)45(31-41)42(48)10-8-28-44(7)39-23-19-37(20-24-39)17-15-35-11-13-36(14-12-35)16-18-38-21-25-40(26-22-38)47(49)50;1-2/h11-26,32-34,41H,8-10,27-31H2,1-5,7H3;2H,1H3/b17-15+,18-16+;/t34-,41-,52?;/m1./s1/i5D;2T. The number of nitrogens with zero attached hydrogens (tertiary/aromatic N) is 5. The molecule has 3 aromatic rings. The molecule has 54 heavy (non-hydrogen) atoms. The normalized spacial score (nSPS) is 16.7. The summed E-state index contributed by atoms with van der Waals surface area (Å²) < 4.78 is 23.0. The second kappa shape index (κ2) is 22.7. The topological polar surface area (TPSA) is 104 Å². The number of carbonyl (C=O) groups is 1. The minimum Gasteiger partial charge on any atom is -0.400 e. The molecule has 0 radical (unpaired) electrons. The number of amides is 1. The maximum Gasteiger partial charge on any atom is 0.269 e. The molecule has 1 N–H and O–H groups in total. The lowest BCUT2D eigenvalue weighted by Gasteiger charge is -2.38. The molecule has 1 saturated heterocycles. The number of carbonyl (C=O) groups excluding carboxylic acids is 1. The summed E-state index contributed by atoms with van der Waals surface area (Å²) in [5.41, 5.74) is 5.28. The molecule has 0 aromatic heterocycles. The SMILES string of the molecule is [2H]C[C@@H]1C[C@@H](OP(CCC[N+]#[C-])N(C(C)C)C(C)C)CN1C(=O)CCCN(C)c1ccc(/C=C/c2ccc(/C=C/c3ccc([N+](=O)[O-])cc3)cc2)cc1.[3H]OC. The highest BCUT2D eigenvalue weighted by atomic mass is 31.2. The minimum absolute atomic E-state index is 0.0814. The third kappa shape index (κ3) is 13.8. The molecule has 10 nitrogen and oxygen atoms in total. The van der Waals surface area contributed by atoms with Gasteiger partial charge in [-0.3, -0.25) is 19.6 Å². The molecule has 0 spiro atoms. The van der Waals surface area contributed by atoms with Gasteiger partial charge in [-0.1, -0.05) is 60.7 Å². The fourth-order valence-corrected chi connectivity index (χ4v) is 8.82.